The molecule has 0 atom stereocenters. The molecule has 0 unspecified atom stereocenters. The van der Waals surface area contributed by atoms with Crippen LogP contribution in [0.25, 0.3) is 0 Å². The Bertz CT molecular complexity index is 80.0. The monoisotopic (exact) mass is 95.1 g/mol. The highest BCUT2D eigenvalue weighted by Gasteiger charge is 2.02. The van der Waals surface area contributed by atoms with Crippen molar-refractivity contribution in [1.82, 2.24) is 0 Å². The second kappa shape index (κ2) is 2.15. The predicted molar refractivity (Wildman–Crippen MR) is 31.9 cm³/mol. The Balaban J connectivity index is 2.15. The van der Waals surface area contributed by atoms with Crippen LogP contribution in [-0.4, -0.2) is 0 Å². The van der Waals surface area contributed by atoms with Gasteiger partial charge in [-0.05, 0) is 25.7 Å². The molecule has 0 amide bonds. The number of allylic oxidation sites excluding steroid dienone is 2. The van der Waals surface area contributed by atoms with Crippen molar-refractivity contribution in [3.8, 4) is 0 Å². The van der Waals surface area contributed by atoms with E-state index in [0.29, 0.717) is 0 Å². The van der Waals surface area contributed by atoms with Gasteiger partial charge in [0.2, 0.25) is 0 Å². The lowest BCUT2D eigenvalue weighted by atomic mass is 9.95. The van der Waals surface area contributed by atoms with Crippen molar-refractivity contribution in [2.24, 2.45) is 0 Å². The zero-order valence-corrected chi connectivity index (χ0v) is 4.78. The smallest absolute Gasteiger partial charge is 0.0140 e. The third kappa shape index (κ3) is 1.05. The molecular formula is C7H11. The Kier molecular flexibility index (Phi) is 1.50. The molecule has 1 radical (unpaired) electrons. The maximum atomic E-state index is 2.30. The molecule has 0 spiro atoms. The Morgan fingerprint density at radius 1 is 1.86 bits per heavy atom. The van der Waals surface area contributed by atoms with Gasteiger partial charge in [0.15, 0.2) is 0 Å². The molecular weight excluding hydrogens is 84.1 g/mol. The Labute approximate surface area is 45.2 Å². The molecule has 0 aliphatic heterocycles. The van der Waals surface area contributed by atoms with Crippen LogP contribution in [0.4, 0.5) is 0 Å². The minimum atomic E-state index is 1.20. The van der Waals surface area contributed by atoms with Crippen molar-refractivity contribution < 1.29 is 0 Å². The molecule has 0 nitrogen and oxygen atoms in total. The molecule has 39 valence electrons. The van der Waals surface area contributed by atoms with E-state index in [-0.39, 0.29) is 0 Å². The molecule has 0 aromatic heterocycles. The highest BCUT2D eigenvalue weighted by Crippen LogP contribution is 2.20. The van der Waals surface area contributed by atoms with Gasteiger partial charge < -0.3 is 0 Å². The number of rotatable bonds is 2. The highest BCUT2D eigenvalue weighted by atomic mass is 14.1. The first-order valence-electron chi connectivity index (χ1n) is 2.95. The van der Waals surface area contributed by atoms with E-state index < -0.39 is 0 Å². The standard InChI is InChI=1S/C7H11/c1-2-4-7-5-3-6-7/h4-5H,2-3,6H2,1H3. The molecule has 0 heteroatoms. The van der Waals surface area contributed by atoms with Crippen LogP contribution in [0, 0.1) is 6.42 Å². The van der Waals surface area contributed by atoms with Gasteiger partial charge in [0.05, 0.1) is 0 Å². The molecule has 0 aromatic rings. The van der Waals surface area contributed by atoms with Crippen molar-refractivity contribution >= 4 is 0 Å². The number of hydrogen-bond acceptors (Lipinski definition) is 0. The zero-order chi connectivity index (χ0) is 5.11. The summed E-state index contributed by atoms with van der Waals surface area (Å²) in [6.07, 6.45) is 8.43. The summed E-state index contributed by atoms with van der Waals surface area (Å²) in [5.74, 6) is 0. The van der Waals surface area contributed by atoms with Gasteiger partial charge in [-0.2, -0.15) is 0 Å². The minimum absolute atomic E-state index is 1.20. The van der Waals surface area contributed by atoms with Crippen LogP contribution >= 0.6 is 0 Å². The zero-order valence-electron chi connectivity index (χ0n) is 4.78. The Hall–Kier alpha value is -0.260. The minimum Gasteiger partial charge on any atom is -0.0847 e. The molecule has 0 saturated heterocycles. The van der Waals surface area contributed by atoms with Gasteiger partial charge in [-0.15, -0.1) is 0 Å². The molecule has 0 saturated carbocycles. The third-order valence-corrected chi connectivity index (χ3v) is 1.31. The molecule has 0 bridgehead atoms. The first-order valence-corrected chi connectivity index (χ1v) is 2.95. The highest BCUT2D eigenvalue weighted by molar-refractivity contribution is 5.20. The van der Waals surface area contributed by atoms with E-state index >= 15 is 0 Å². The average molecular weight is 95.2 g/mol. The lowest BCUT2D eigenvalue weighted by molar-refractivity contribution is 0.859. The SMILES string of the molecule is CC[CH]C1=CCC1. The summed E-state index contributed by atoms with van der Waals surface area (Å²) in [4.78, 5) is 0. The van der Waals surface area contributed by atoms with Gasteiger partial charge in [0.1, 0.15) is 0 Å². The normalized spacial score (nSPS) is 18.1. The van der Waals surface area contributed by atoms with Gasteiger partial charge in [-0.3, -0.25) is 0 Å². The van der Waals surface area contributed by atoms with Gasteiger partial charge in [0, 0.05) is 0 Å². The van der Waals surface area contributed by atoms with Gasteiger partial charge in [-0.1, -0.05) is 18.6 Å². The molecule has 7 heavy (non-hydrogen) atoms. The summed E-state index contributed by atoms with van der Waals surface area (Å²) >= 11 is 0. The fourth-order valence-electron chi connectivity index (χ4n) is 0.759. The van der Waals surface area contributed by atoms with Crippen molar-refractivity contribution in [2.45, 2.75) is 26.2 Å². The first kappa shape index (κ1) is 4.89. The van der Waals surface area contributed by atoms with E-state index in [1.165, 1.54) is 19.3 Å². The molecule has 1 rings (SSSR count). The maximum absolute atomic E-state index is 2.30. The second-order valence-electron chi connectivity index (χ2n) is 1.93. The lowest BCUT2D eigenvalue weighted by Gasteiger charge is -2.11. The largest absolute Gasteiger partial charge is 0.0847 e. The Morgan fingerprint density at radius 2 is 2.57 bits per heavy atom. The Morgan fingerprint density at radius 3 is 2.71 bits per heavy atom. The van der Waals surface area contributed by atoms with Crippen LogP contribution in [0.2, 0.25) is 0 Å². The van der Waals surface area contributed by atoms with E-state index in [1.54, 1.807) is 5.57 Å². The lowest BCUT2D eigenvalue weighted by Crippen LogP contribution is -1.92. The fraction of sp³-hybridized carbons (Fsp3) is 0.571. The summed E-state index contributed by atoms with van der Waals surface area (Å²) in [6, 6.07) is 0. The maximum Gasteiger partial charge on any atom is -0.0140 e. The molecule has 0 heterocycles. The summed E-state index contributed by atoms with van der Waals surface area (Å²) in [6.45, 7) is 2.18. The second-order valence-corrected chi connectivity index (χ2v) is 1.93. The number of hydrogen-bond donors (Lipinski definition) is 0. The fourth-order valence-corrected chi connectivity index (χ4v) is 0.759. The van der Waals surface area contributed by atoms with E-state index in [0.717, 1.165) is 0 Å². The van der Waals surface area contributed by atoms with Crippen molar-refractivity contribution in [1.29, 1.82) is 0 Å². The predicted octanol–water partition coefficient (Wildman–Crippen LogP) is 2.32. The molecule has 1 aliphatic rings. The summed E-state index contributed by atoms with van der Waals surface area (Å²) in [7, 11) is 0. The van der Waals surface area contributed by atoms with Crippen LogP contribution in [0.3, 0.4) is 0 Å². The molecule has 0 fully saturated rings. The van der Waals surface area contributed by atoms with Crippen molar-refractivity contribution in [2.75, 3.05) is 0 Å². The summed E-state index contributed by atoms with van der Waals surface area (Å²) in [5, 5.41) is 0. The van der Waals surface area contributed by atoms with Gasteiger partial charge >= 0.3 is 0 Å². The van der Waals surface area contributed by atoms with Gasteiger partial charge in [0.25, 0.3) is 0 Å². The van der Waals surface area contributed by atoms with Crippen LogP contribution in [0.5, 0.6) is 0 Å². The topological polar surface area (TPSA) is 0 Å². The summed E-state index contributed by atoms with van der Waals surface area (Å²) < 4.78 is 0. The van der Waals surface area contributed by atoms with Crippen LogP contribution < -0.4 is 0 Å². The van der Waals surface area contributed by atoms with E-state index in [4.69, 9.17) is 0 Å². The average Bonchev–Trinajstić information content (AvgIpc) is 1.55. The van der Waals surface area contributed by atoms with E-state index in [2.05, 4.69) is 19.4 Å². The quantitative estimate of drug-likeness (QED) is 0.493. The molecule has 0 aromatic carbocycles. The van der Waals surface area contributed by atoms with E-state index in [1.807, 2.05) is 0 Å². The van der Waals surface area contributed by atoms with Crippen LogP contribution in [0.15, 0.2) is 11.6 Å². The summed E-state index contributed by atoms with van der Waals surface area (Å²) in [5.41, 5.74) is 1.56. The first-order chi connectivity index (χ1) is 3.43. The van der Waals surface area contributed by atoms with Crippen molar-refractivity contribution in [3.63, 3.8) is 0 Å². The van der Waals surface area contributed by atoms with Crippen LogP contribution in [0.1, 0.15) is 26.2 Å². The van der Waals surface area contributed by atoms with Gasteiger partial charge in [-0.25, -0.2) is 0 Å². The van der Waals surface area contributed by atoms with E-state index in [9.17, 15) is 0 Å². The molecule has 0 N–H and O–H groups in total. The molecule has 1 aliphatic carbocycles. The van der Waals surface area contributed by atoms with Crippen molar-refractivity contribution in [3.05, 3.63) is 18.1 Å². The van der Waals surface area contributed by atoms with Crippen LogP contribution in [-0.2, 0) is 0 Å². The third-order valence-electron chi connectivity index (χ3n) is 1.31.